The molecule has 0 aromatic rings. The molecule has 15 heavy (non-hydrogen) atoms. The van der Waals surface area contributed by atoms with Gasteiger partial charge in [0.25, 0.3) is 0 Å². The molecular formula is C11H20BrNO2. The van der Waals surface area contributed by atoms with E-state index in [4.69, 9.17) is 4.74 Å². The zero-order valence-corrected chi connectivity index (χ0v) is 11.1. The van der Waals surface area contributed by atoms with Gasteiger partial charge in [-0.15, -0.1) is 0 Å². The molecule has 0 N–H and O–H groups in total. The van der Waals surface area contributed by atoms with E-state index in [0.717, 1.165) is 39.0 Å². The van der Waals surface area contributed by atoms with Crippen molar-refractivity contribution in [2.75, 3.05) is 19.7 Å². The molecule has 1 aliphatic rings. The minimum atomic E-state index is -0.0427. The Labute approximate surface area is 100 Å². The summed E-state index contributed by atoms with van der Waals surface area (Å²) in [7, 11) is 0. The molecule has 2 unspecified atom stereocenters. The lowest BCUT2D eigenvalue weighted by molar-refractivity contribution is -0.131. The summed E-state index contributed by atoms with van der Waals surface area (Å²) in [5.41, 5.74) is 0. The Morgan fingerprint density at radius 3 is 2.80 bits per heavy atom. The van der Waals surface area contributed by atoms with E-state index in [1.807, 2.05) is 18.7 Å². The number of nitrogens with zero attached hydrogens (tertiary/aromatic N) is 1. The average Bonchev–Trinajstić information content (AvgIpc) is 2.76. The van der Waals surface area contributed by atoms with Crippen LogP contribution < -0.4 is 0 Å². The van der Waals surface area contributed by atoms with Crippen LogP contribution in [-0.2, 0) is 9.53 Å². The second kappa shape index (κ2) is 6.48. The van der Waals surface area contributed by atoms with Gasteiger partial charge in [-0.25, -0.2) is 0 Å². The quantitative estimate of drug-likeness (QED) is 0.721. The number of carbonyl (C=O) groups is 1. The zero-order valence-electron chi connectivity index (χ0n) is 9.54. The molecule has 4 heteroatoms. The first-order chi connectivity index (χ1) is 7.19. The Morgan fingerprint density at radius 2 is 2.33 bits per heavy atom. The number of ether oxygens (including phenoxy) is 1. The van der Waals surface area contributed by atoms with Crippen molar-refractivity contribution in [1.29, 1.82) is 0 Å². The normalized spacial score (nSPS) is 22.7. The summed E-state index contributed by atoms with van der Waals surface area (Å²) in [6, 6.07) is 0. The summed E-state index contributed by atoms with van der Waals surface area (Å²) < 4.78 is 5.54. The fraction of sp³-hybridized carbons (Fsp3) is 0.909. The topological polar surface area (TPSA) is 29.5 Å². The van der Waals surface area contributed by atoms with Crippen LogP contribution in [0.15, 0.2) is 0 Å². The minimum Gasteiger partial charge on any atom is -0.376 e. The molecule has 1 amide bonds. The van der Waals surface area contributed by atoms with Crippen LogP contribution in [0.3, 0.4) is 0 Å². The van der Waals surface area contributed by atoms with E-state index < -0.39 is 0 Å². The minimum absolute atomic E-state index is 0.0427. The number of halogens is 1. The van der Waals surface area contributed by atoms with Gasteiger partial charge < -0.3 is 9.64 Å². The van der Waals surface area contributed by atoms with Crippen molar-refractivity contribution in [2.24, 2.45) is 0 Å². The lowest BCUT2D eigenvalue weighted by Crippen LogP contribution is -2.41. The fourth-order valence-corrected chi connectivity index (χ4v) is 2.07. The monoisotopic (exact) mass is 277 g/mol. The Morgan fingerprint density at radius 1 is 1.60 bits per heavy atom. The van der Waals surface area contributed by atoms with Crippen LogP contribution in [0.1, 0.15) is 33.1 Å². The van der Waals surface area contributed by atoms with Gasteiger partial charge in [0.1, 0.15) is 0 Å². The van der Waals surface area contributed by atoms with E-state index in [1.54, 1.807) is 0 Å². The van der Waals surface area contributed by atoms with Gasteiger partial charge in [-0.1, -0.05) is 22.9 Å². The third kappa shape index (κ3) is 3.76. The van der Waals surface area contributed by atoms with Crippen LogP contribution in [0.5, 0.6) is 0 Å². The second-order valence-corrected chi connectivity index (χ2v) is 4.99. The summed E-state index contributed by atoms with van der Waals surface area (Å²) in [6.07, 6.45) is 3.30. The molecule has 0 bridgehead atoms. The van der Waals surface area contributed by atoms with Crippen LogP contribution in [-0.4, -0.2) is 41.4 Å². The summed E-state index contributed by atoms with van der Waals surface area (Å²) in [5, 5.41) is 0. The molecule has 1 fully saturated rings. The molecule has 1 saturated heterocycles. The van der Waals surface area contributed by atoms with Crippen molar-refractivity contribution in [3.8, 4) is 0 Å². The fourth-order valence-electron chi connectivity index (χ4n) is 1.78. The molecular weight excluding hydrogens is 258 g/mol. The zero-order chi connectivity index (χ0) is 11.3. The molecule has 1 aliphatic heterocycles. The number of alkyl halides is 1. The van der Waals surface area contributed by atoms with Gasteiger partial charge in [-0.3, -0.25) is 4.79 Å². The third-order valence-corrected chi connectivity index (χ3v) is 3.81. The SMILES string of the molecule is CCC(Br)C(=O)N(CC)CC1CCCO1. The van der Waals surface area contributed by atoms with Crippen molar-refractivity contribution in [1.82, 2.24) is 4.90 Å². The Hall–Kier alpha value is -0.0900. The molecule has 0 spiro atoms. The molecule has 1 heterocycles. The number of carbonyl (C=O) groups excluding carboxylic acids is 1. The molecule has 0 aromatic heterocycles. The first kappa shape index (κ1) is 13.0. The molecule has 0 aliphatic carbocycles. The van der Waals surface area contributed by atoms with Crippen LogP contribution in [0.25, 0.3) is 0 Å². The third-order valence-electron chi connectivity index (χ3n) is 2.77. The maximum atomic E-state index is 11.9. The molecule has 88 valence electrons. The summed E-state index contributed by atoms with van der Waals surface area (Å²) >= 11 is 3.40. The molecule has 3 nitrogen and oxygen atoms in total. The van der Waals surface area contributed by atoms with Gasteiger partial charge in [0, 0.05) is 19.7 Å². The number of hydrogen-bond acceptors (Lipinski definition) is 2. The largest absolute Gasteiger partial charge is 0.376 e. The number of amides is 1. The van der Waals surface area contributed by atoms with Crippen LogP contribution in [0.4, 0.5) is 0 Å². The first-order valence-corrected chi connectivity index (χ1v) is 6.65. The van der Waals surface area contributed by atoms with Crippen molar-refractivity contribution >= 4 is 21.8 Å². The standard InChI is InChI=1S/C11H20BrNO2/c1-3-10(12)11(14)13(4-2)8-9-6-5-7-15-9/h9-10H,3-8H2,1-2H3. The van der Waals surface area contributed by atoms with Gasteiger partial charge in [0.15, 0.2) is 0 Å². The lowest BCUT2D eigenvalue weighted by Gasteiger charge is -2.25. The second-order valence-electron chi connectivity index (χ2n) is 3.89. The van der Waals surface area contributed by atoms with E-state index in [2.05, 4.69) is 15.9 Å². The average molecular weight is 278 g/mol. The van der Waals surface area contributed by atoms with Crippen LogP contribution in [0.2, 0.25) is 0 Å². The van der Waals surface area contributed by atoms with E-state index >= 15 is 0 Å². The van der Waals surface area contributed by atoms with E-state index in [0.29, 0.717) is 0 Å². The van der Waals surface area contributed by atoms with E-state index in [1.165, 1.54) is 0 Å². The van der Waals surface area contributed by atoms with E-state index in [-0.39, 0.29) is 16.8 Å². The Bertz CT molecular complexity index is 205. The van der Waals surface area contributed by atoms with E-state index in [9.17, 15) is 4.79 Å². The summed E-state index contributed by atoms with van der Waals surface area (Å²) in [6.45, 7) is 6.39. The van der Waals surface area contributed by atoms with Crippen molar-refractivity contribution in [3.05, 3.63) is 0 Å². The van der Waals surface area contributed by atoms with Gasteiger partial charge in [0.05, 0.1) is 10.9 Å². The van der Waals surface area contributed by atoms with Crippen LogP contribution >= 0.6 is 15.9 Å². The van der Waals surface area contributed by atoms with Gasteiger partial charge >= 0.3 is 0 Å². The van der Waals surface area contributed by atoms with Crippen molar-refractivity contribution in [3.63, 3.8) is 0 Å². The Kier molecular flexibility index (Phi) is 5.61. The highest BCUT2D eigenvalue weighted by molar-refractivity contribution is 9.10. The molecule has 1 rings (SSSR count). The van der Waals surface area contributed by atoms with Crippen LogP contribution in [0, 0.1) is 0 Å². The Balaban J connectivity index is 2.43. The summed E-state index contributed by atoms with van der Waals surface area (Å²) in [5.74, 6) is 0.190. The molecule has 0 aromatic carbocycles. The highest BCUT2D eigenvalue weighted by Crippen LogP contribution is 2.15. The predicted octanol–water partition coefficient (Wildman–Crippen LogP) is 2.19. The van der Waals surface area contributed by atoms with Gasteiger partial charge in [-0.2, -0.15) is 0 Å². The molecule has 0 radical (unpaired) electrons. The van der Waals surface area contributed by atoms with Crippen molar-refractivity contribution < 1.29 is 9.53 Å². The highest BCUT2D eigenvalue weighted by Gasteiger charge is 2.24. The summed E-state index contributed by atoms with van der Waals surface area (Å²) in [4.78, 5) is 13.8. The maximum absolute atomic E-state index is 11.9. The maximum Gasteiger partial charge on any atom is 0.236 e. The number of likely N-dealkylation sites (N-methyl/N-ethyl adjacent to an activating group) is 1. The van der Waals surface area contributed by atoms with Crippen molar-refractivity contribution in [2.45, 2.75) is 44.0 Å². The number of hydrogen-bond donors (Lipinski definition) is 0. The first-order valence-electron chi connectivity index (χ1n) is 5.73. The molecule has 0 saturated carbocycles. The van der Waals surface area contributed by atoms with Gasteiger partial charge in [-0.05, 0) is 26.2 Å². The molecule has 2 atom stereocenters. The van der Waals surface area contributed by atoms with Gasteiger partial charge in [0.2, 0.25) is 5.91 Å². The highest BCUT2D eigenvalue weighted by atomic mass is 79.9. The number of rotatable bonds is 5. The predicted molar refractivity (Wildman–Crippen MR) is 64.2 cm³/mol. The lowest BCUT2D eigenvalue weighted by atomic mass is 10.2. The smallest absolute Gasteiger partial charge is 0.236 e.